The van der Waals surface area contributed by atoms with Crippen molar-refractivity contribution in [3.8, 4) is 28.4 Å². The van der Waals surface area contributed by atoms with E-state index in [-0.39, 0.29) is 5.56 Å². The van der Waals surface area contributed by atoms with Crippen molar-refractivity contribution < 1.29 is 28.5 Å². The number of methoxy groups -OCH3 is 4. The lowest BCUT2D eigenvalue weighted by Crippen LogP contribution is -2.15. The van der Waals surface area contributed by atoms with E-state index in [2.05, 4.69) is 28.2 Å². The van der Waals surface area contributed by atoms with E-state index >= 15 is 0 Å². The average Bonchev–Trinajstić information content (AvgIpc) is 3.26. The van der Waals surface area contributed by atoms with E-state index in [4.69, 9.17) is 18.9 Å². The van der Waals surface area contributed by atoms with Crippen molar-refractivity contribution in [1.29, 1.82) is 0 Å². The van der Waals surface area contributed by atoms with Gasteiger partial charge in [0.15, 0.2) is 11.5 Å². The first-order valence-corrected chi connectivity index (χ1v) is 11.7. The Kier molecular flexibility index (Phi) is 7.99. The number of benzene rings is 2. The van der Waals surface area contributed by atoms with Gasteiger partial charge in [-0.3, -0.25) is 4.79 Å². The Labute approximate surface area is 204 Å². The fraction of sp³-hybridized carbons (Fsp3) is 0.250. The van der Waals surface area contributed by atoms with Crippen LogP contribution in [0.2, 0.25) is 0 Å². The summed E-state index contributed by atoms with van der Waals surface area (Å²) in [6.45, 7) is 2.08. The summed E-state index contributed by atoms with van der Waals surface area (Å²) in [4.78, 5) is 25.9. The SMILES string of the molecule is CCc1ccc(-c2csc(NC(=O)c3cc(OC)c(OC)c(OC)c3Br)c2C(=O)OC)cc1. The second-order valence-corrected chi connectivity index (χ2v) is 8.53. The maximum absolute atomic E-state index is 13.2. The maximum Gasteiger partial charge on any atom is 0.341 e. The molecule has 3 rings (SSSR count). The Hall–Kier alpha value is -3.04. The second kappa shape index (κ2) is 10.7. The molecule has 0 aliphatic heterocycles. The fourth-order valence-electron chi connectivity index (χ4n) is 3.34. The Morgan fingerprint density at radius 3 is 2.21 bits per heavy atom. The zero-order chi connectivity index (χ0) is 24.1. The molecule has 0 saturated heterocycles. The molecule has 0 saturated carbocycles. The molecule has 0 aliphatic carbocycles. The van der Waals surface area contributed by atoms with Gasteiger partial charge in [-0.15, -0.1) is 11.3 Å². The van der Waals surface area contributed by atoms with E-state index in [0.717, 1.165) is 12.0 Å². The molecule has 0 fully saturated rings. The first-order valence-electron chi connectivity index (χ1n) is 9.98. The van der Waals surface area contributed by atoms with Gasteiger partial charge in [0, 0.05) is 10.9 Å². The van der Waals surface area contributed by atoms with Crippen molar-refractivity contribution >= 4 is 44.1 Å². The number of anilines is 1. The molecule has 1 heterocycles. The van der Waals surface area contributed by atoms with Gasteiger partial charge >= 0.3 is 5.97 Å². The van der Waals surface area contributed by atoms with Crippen LogP contribution in [-0.2, 0) is 11.2 Å². The number of esters is 1. The van der Waals surface area contributed by atoms with E-state index < -0.39 is 11.9 Å². The standard InChI is InChI=1S/C24H24BrNO6S/c1-6-13-7-9-14(10-8-13)16-12-33-23(18(16)24(28)32-5)26-22(27)15-11-17(29-2)20(30-3)21(31-4)19(15)25/h7-12H,6H2,1-5H3,(H,26,27). The van der Waals surface area contributed by atoms with Crippen molar-refractivity contribution in [1.82, 2.24) is 0 Å². The number of hydrogen-bond donors (Lipinski definition) is 1. The molecule has 0 spiro atoms. The first-order chi connectivity index (χ1) is 15.9. The maximum atomic E-state index is 13.2. The lowest BCUT2D eigenvalue weighted by atomic mass is 10.0. The number of rotatable bonds is 8. The van der Waals surface area contributed by atoms with Gasteiger partial charge in [0.05, 0.1) is 38.5 Å². The van der Waals surface area contributed by atoms with Crippen LogP contribution in [0, 0.1) is 0 Å². The highest BCUT2D eigenvalue weighted by atomic mass is 79.9. The third-order valence-corrected chi connectivity index (χ3v) is 6.78. The summed E-state index contributed by atoms with van der Waals surface area (Å²) >= 11 is 4.66. The minimum Gasteiger partial charge on any atom is -0.493 e. The first kappa shape index (κ1) is 24.6. The third kappa shape index (κ3) is 4.84. The molecule has 0 unspecified atom stereocenters. The molecule has 1 N–H and O–H groups in total. The lowest BCUT2D eigenvalue weighted by molar-refractivity contribution is 0.0603. The highest BCUT2D eigenvalue weighted by Gasteiger charge is 2.26. The zero-order valence-electron chi connectivity index (χ0n) is 18.9. The monoisotopic (exact) mass is 533 g/mol. The smallest absolute Gasteiger partial charge is 0.341 e. The van der Waals surface area contributed by atoms with E-state index in [1.807, 2.05) is 29.6 Å². The molecule has 33 heavy (non-hydrogen) atoms. The van der Waals surface area contributed by atoms with Crippen molar-refractivity contribution in [3.63, 3.8) is 0 Å². The number of carbonyl (C=O) groups excluding carboxylic acids is 2. The van der Waals surface area contributed by atoms with Gasteiger partial charge in [0.25, 0.3) is 5.91 Å². The molecule has 2 aromatic carbocycles. The highest BCUT2D eigenvalue weighted by molar-refractivity contribution is 9.10. The highest BCUT2D eigenvalue weighted by Crippen LogP contribution is 2.45. The van der Waals surface area contributed by atoms with Gasteiger partial charge in [-0.25, -0.2) is 4.79 Å². The number of amides is 1. The van der Waals surface area contributed by atoms with Crippen LogP contribution >= 0.6 is 27.3 Å². The number of halogens is 1. The number of ether oxygens (including phenoxy) is 4. The minimum atomic E-state index is -0.537. The Morgan fingerprint density at radius 2 is 1.67 bits per heavy atom. The van der Waals surface area contributed by atoms with Gasteiger partial charge < -0.3 is 24.3 Å². The minimum absolute atomic E-state index is 0.252. The molecule has 174 valence electrons. The fourth-order valence-corrected chi connectivity index (χ4v) is 4.93. The largest absolute Gasteiger partial charge is 0.493 e. The molecule has 1 aromatic heterocycles. The molecule has 0 aliphatic rings. The van der Waals surface area contributed by atoms with Crippen LogP contribution in [0.25, 0.3) is 11.1 Å². The van der Waals surface area contributed by atoms with Crippen LogP contribution in [0.5, 0.6) is 17.2 Å². The van der Waals surface area contributed by atoms with Gasteiger partial charge in [0.1, 0.15) is 10.6 Å². The zero-order valence-corrected chi connectivity index (χ0v) is 21.3. The van der Waals surface area contributed by atoms with Crippen molar-refractivity contribution in [2.45, 2.75) is 13.3 Å². The normalized spacial score (nSPS) is 10.5. The predicted molar refractivity (Wildman–Crippen MR) is 132 cm³/mol. The topological polar surface area (TPSA) is 83.1 Å². The van der Waals surface area contributed by atoms with Gasteiger partial charge in [0.2, 0.25) is 5.75 Å². The average molecular weight is 534 g/mol. The van der Waals surface area contributed by atoms with Gasteiger partial charge in [-0.1, -0.05) is 31.2 Å². The number of nitrogens with one attached hydrogen (secondary N) is 1. The molecular formula is C24H24BrNO6S. The van der Waals surface area contributed by atoms with E-state index in [9.17, 15) is 9.59 Å². The van der Waals surface area contributed by atoms with Crippen LogP contribution < -0.4 is 19.5 Å². The van der Waals surface area contributed by atoms with Crippen molar-refractivity contribution in [2.75, 3.05) is 33.8 Å². The molecule has 0 bridgehead atoms. The number of aryl methyl sites for hydroxylation is 1. The summed E-state index contributed by atoms with van der Waals surface area (Å²) in [6, 6.07) is 9.47. The van der Waals surface area contributed by atoms with Crippen LogP contribution in [0.1, 0.15) is 33.2 Å². The summed E-state index contributed by atoms with van der Waals surface area (Å²) in [5.41, 5.74) is 3.28. The third-order valence-electron chi connectivity index (χ3n) is 5.09. The number of thiophene rings is 1. The molecule has 3 aromatic rings. The molecule has 7 nitrogen and oxygen atoms in total. The Balaban J connectivity index is 2.04. The molecular weight excluding hydrogens is 510 g/mol. The van der Waals surface area contributed by atoms with Gasteiger partial charge in [-0.2, -0.15) is 0 Å². The Morgan fingerprint density at radius 1 is 1.00 bits per heavy atom. The lowest BCUT2D eigenvalue weighted by Gasteiger charge is -2.16. The van der Waals surface area contributed by atoms with Crippen LogP contribution in [0.3, 0.4) is 0 Å². The summed E-state index contributed by atoms with van der Waals surface area (Å²) < 4.78 is 21.5. The van der Waals surface area contributed by atoms with Crippen molar-refractivity contribution in [2.24, 2.45) is 0 Å². The summed E-state index contributed by atoms with van der Waals surface area (Å²) in [5, 5.41) is 5.04. The van der Waals surface area contributed by atoms with E-state index in [0.29, 0.717) is 37.8 Å². The van der Waals surface area contributed by atoms with E-state index in [1.165, 1.54) is 51.4 Å². The van der Waals surface area contributed by atoms with Crippen LogP contribution in [-0.4, -0.2) is 40.3 Å². The predicted octanol–water partition coefficient (Wildman–Crippen LogP) is 5.80. The van der Waals surface area contributed by atoms with Crippen LogP contribution in [0.15, 0.2) is 40.2 Å². The summed E-state index contributed by atoms with van der Waals surface area (Å²) in [6.07, 6.45) is 0.915. The van der Waals surface area contributed by atoms with Gasteiger partial charge in [-0.05, 0) is 39.5 Å². The Bertz CT molecular complexity index is 1170. The second-order valence-electron chi connectivity index (χ2n) is 6.86. The van der Waals surface area contributed by atoms with Crippen LogP contribution in [0.4, 0.5) is 5.00 Å². The van der Waals surface area contributed by atoms with Crippen molar-refractivity contribution in [3.05, 3.63) is 56.9 Å². The number of hydrogen-bond acceptors (Lipinski definition) is 7. The quantitative estimate of drug-likeness (QED) is 0.368. The number of carbonyl (C=O) groups is 2. The summed E-state index contributed by atoms with van der Waals surface area (Å²) in [7, 11) is 5.73. The summed E-state index contributed by atoms with van der Waals surface area (Å²) in [5.74, 6) is 0.00977. The molecule has 0 radical (unpaired) electrons. The molecule has 1 amide bonds. The molecule has 0 atom stereocenters. The van der Waals surface area contributed by atoms with E-state index in [1.54, 1.807) is 0 Å². The molecule has 9 heteroatoms.